The minimum Gasteiger partial charge on any atom is -0.465 e. The van der Waals surface area contributed by atoms with Gasteiger partial charge in [0, 0.05) is 6.54 Å². The number of nitrogens with one attached hydrogen (secondary N) is 1. The molecule has 92 valence electrons. The van der Waals surface area contributed by atoms with Crippen LogP contribution in [0.4, 0.5) is 0 Å². The number of esters is 1. The van der Waals surface area contributed by atoms with Gasteiger partial charge >= 0.3 is 5.97 Å². The number of carbonyl (C=O) groups excluding carboxylic acids is 1. The molecule has 0 aliphatic carbocycles. The van der Waals surface area contributed by atoms with Crippen LogP contribution in [0.25, 0.3) is 0 Å². The Bertz CT molecular complexity index is 414. The first-order valence-corrected chi connectivity index (χ1v) is 6.18. The first-order chi connectivity index (χ1) is 8.22. The third-order valence-corrected chi connectivity index (χ3v) is 3.48. The largest absolute Gasteiger partial charge is 0.465 e. The zero-order valence-corrected chi connectivity index (χ0v) is 10.6. The molecule has 1 aliphatic rings. The van der Waals surface area contributed by atoms with Crippen LogP contribution in [-0.2, 0) is 4.74 Å². The highest BCUT2D eigenvalue weighted by Crippen LogP contribution is 2.27. The minimum absolute atomic E-state index is 0.386. The van der Waals surface area contributed by atoms with Gasteiger partial charge in [-0.15, -0.1) is 0 Å². The van der Waals surface area contributed by atoms with Crippen molar-refractivity contribution >= 4 is 17.6 Å². The summed E-state index contributed by atoms with van der Waals surface area (Å²) < 4.78 is 4.67. The first kappa shape index (κ1) is 12.4. The van der Waals surface area contributed by atoms with E-state index in [-0.39, 0.29) is 5.97 Å². The number of halogens is 1. The first-order valence-electron chi connectivity index (χ1n) is 5.81. The van der Waals surface area contributed by atoms with Gasteiger partial charge in [-0.05, 0) is 43.0 Å². The Balaban J connectivity index is 2.20. The van der Waals surface area contributed by atoms with E-state index in [9.17, 15) is 4.79 Å². The van der Waals surface area contributed by atoms with E-state index >= 15 is 0 Å². The lowest BCUT2D eigenvalue weighted by atomic mass is 9.91. The molecule has 0 radical (unpaired) electrons. The molecule has 1 aliphatic heterocycles. The maximum absolute atomic E-state index is 11.4. The lowest BCUT2D eigenvalue weighted by Crippen LogP contribution is -2.28. The van der Waals surface area contributed by atoms with Gasteiger partial charge in [0.25, 0.3) is 0 Å². The van der Waals surface area contributed by atoms with Gasteiger partial charge in [0.1, 0.15) is 0 Å². The number of ether oxygens (including phenoxy) is 1. The Kier molecular flexibility index (Phi) is 4.02. The van der Waals surface area contributed by atoms with E-state index in [1.807, 2.05) is 12.1 Å². The normalized spacial score (nSPS) is 20.0. The monoisotopic (exact) mass is 253 g/mol. The molecule has 3 nitrogen and oxygen atoms in total. The van der Waals surface area contributed by atoms with E-state index in [0.717, 1.165) is 13.1 Å². The summed E-state index contributed by atoms with van der Waals surface area (Å²) in [6.07, 6.45) is 2.35. The molecule has 1 saturated heterocycles. The second kappa shape index (κ2) is 5.52. The molecule has 1 atom stereocenters. The highest BCUT2D eigenvalue weighted by molar-refractivity contribution is 6.33. The summed E-state index contributed by atoms with van der Waals surface area (Å²) in [7, 11) is 1.36. The van der Waals surface area contributed by atoms with Crippen LogP contribution >= 0.6 is 11.6 Å². The molecule has 4 heteroatoms. The Labute approximate surface area is 106 Å². The summed E-state index contributed by atoms with van der Waals surface area (Å²) in [4.78, 5) is 11.4. The van der Waals surface area contributed by atoms with Crippen LogP contribution in [0.15, 0.2) is 18.2 Å². The predicted molar refractivity (Wildman–Crippen MR) is 67.6 cm³/mol. The van der Waals surface area contributed by atoms with Crippen molar-refractivity contribution in [1.82, 2.24) is 5.32 Å². The third-order valence-electron chi connectivity index (χ3n) is 3.17. The topological polar surface area (TPSA) is 38.3 Å². The highest BCUT2D eigenvalue weighted by atomic mass is 35.5. The summed E-state index contributed by atoms with van der Waals surface area (Å²) >= 11 is 6.10. The zero-order valence-electron chi connectivity index (χ0n) is 9.83. The van der Waals surface area contributed by atoms with Crippen LogP contribution in [-0.4, -0.2) is 26.2 Å². The van der Waals surface area contributed by atoms with E-state index in [1.54, 1.807) is 6.07 Å². The Hall–Kier alpha value is -1.06. The zero-order chi connectivity index (χ0) is 12.3. The van der Waals surface area contributed by atoms with Crippen molar-refractivity contribution in [2.45, 2.75) is 18.8 Å². The summed E-state index contributed by atoms with van der Waals surface area (Å²) in [6, 6.07) is 5.60. The Morgan fingerprint density at radius 2 is 2.35 bits per heavy atom. The number of benzene rings is 1. The molecular formula is C13H16ClNO2. The minimum atomic E-state index is -0.386. The van der Waals surface area contributed by atoms with Gasteiger partial charge in [0.15, 0.2) is 0 Å². The van der Waals surface area contributed by atoms with E-state index in [4.69, 9.17) is 11.6 Å². The fourth-order valence-corrected chi connectivity index (χ4v) is 2.46. The fraction of sp³-hybridized carbons (Fsp3) is 0.462. The SMILES string of the molecule is COC(=O)c1ccc([C@H]2CCCNC2)cc1Cl. The second-order valence-electron chi connectivity index (χ2n) is 4.27. The van der Waals surface area contributed by atoms with Gasteiger partial charge in [0.05, 0.1) is 17.7 Å². The Morgan fingerprint density at radius 1 is 1.53 bits per heavy atom. The van der Waals surface area contributed by atoms with Crippen LogP contribution in [0.2, 0.25) is 5.02 Å². The second-order valence-corrected chi connectivity index (χ2v) is 4.68. The van der Waals surface area contributed by atoms with Gasteiger partial charge in [-0.25, -0.2) is 4.79 Å². The molecule has 1 fully saturated rings. The van der Waals surface area contributed by atoms with Crippen LogP contribution < -0.4 is 5.32 Å². The van der Waals surface area contributed by atoms with E-state index in [0.29, 0.717) is 16.5 Å². The van der Waals surface area contributed by atoms with Gasteiger partial charge < -0.3 is 10.1 Å². The van der Waals surface area contributed by atoms with Crippen LogP contribution in [0, 0.1) is 0 Å². The van der Waals surface area contributed by atoms with Crippen molar-refractivity contribution in [3.8, 4) is 0 Å². The van der Waals surface area contributed by atoms with E-state index in [1.165, 1.54) is 25.5 Å². The van der Waals surface area contributed by atoms with Crippen molar-refractivity contribution in [2.75, 3.05) is 20.2 Å². The highest BCUT2D eigenvalue weighted by Gasteiger charge is 2.17. The molecule has 17 heavy (non-hydrogen) atoms. The molecule has 0 bridgehead atoms. The summed E-state index contributed by atoms with van der Waals surface area (Å²) in [5.74, 6) is 0.108. The van der Waals surface area contributed by atoms with Crippen molar-refractivity contribution in [3.05, 3.63) is 34.3 Å². The number of rotatable bonds is 2. The molecule has 1 aromatic carbocycles. The number of hydrogen-bond acceptors (Lipinski definition) is 3. The molecule has 2 rings (SSSR count). The van der Waals surface area contributed by atoms with Gasteiger partial charge in [-0.2, -0.15) is 0 Å². The van der Waals surface area contributed by atoms with Crippen LogP contribution in [0.5, 0.6) is 0 Å². The lowest BCUT2D eigenvalue weighted by molar-refractivity contribution is 0.0601. The molecular weight excluding hydrogens is 238 g/mol. The average molecular weight is 254 g/mol. The standard InChI is InChI=1S/C13H16ClNO2/c1-17-13(16)11-5-4-9(7-12(11)14)10-3-2-6-15-8-10/h4-5,7,10,15H,2-3,6,8H2,1H3/t10-/m0/s1. The maximum atomic E-state index is 11.4. The van der Waals surface area contributed by atoms with E-state index < -0.39 is 0 Å². The fourth-order valence-electron chi connectivity index (χ4n) is 2.20. The summed E-state index contributed by atoms with van der Waals surface area (Å²) in [6.45, 7) is 2.07. The summed E-state index contributed by atoms with van der Waals surface area (Å²) in [5.41, 5.74) is 1.62. The maximum Gasteiger partial charge on any atom is 0.339 e. The number of piperidine rings is 1. The van der Waals surface area contributed by atoms with Gasteiger partial charge in [-0.3, -0.25) is 0 Å². The van der Waals surface area contributed by atoms with Crippen molar-refractivity contribution in [3.63, 3.8) is 0 Å². The number of carbonyl (C=O) groups is 1. The predicted octanol–water partition coefficient (Wildman–Crippen LogP) is 2.59. The van der Waals surface area contributed by atoms with Crippen molar-refractivity contribution in [2.24, 2.45) is 0 Å². The van der Waals surface area contributed by atoms with Crippen molar-refractivity contribution in [1.29, 1.82) is 0 Å². The average Bonchev–Trinajstić information content (AvgIpc) is 2.39. The molecule has 0 amide bonds. The lowest BCUT2D eigenvalue weighted by Gasteiger charge is -2.23. The molecule has 1 aromatic rings. The van der Waals surface area contributed by atoms with Crippen LogP contribution in [0.3, 0.4) is 0 Å². The molecule has 0 unspecified atom stereocenters. The summed E-state index contributed by atoms with van der Waals surface area (Å²) in [5, 5.41) is 3.84. The third kappa shape index (κ3) is 2.79. The van der Waals surface area contributed by atoms with Crippen LogP contribution in [0.1, 0.15) is 34.7 Å². The molecule has 0 spiro atoms. The molecule has 1 heterocycles. The quantitative estimate of drug-likeness (QED) is 0.824. The van der Waals surface area contributed by atoms with Gasteiger partial charge in [-0.1, -0.05) is 17.7 Å². The van der Waals surface area contributed by atoms with E-state index in [2.05, 4.69) is 10.1 Å². The van der Waals surface area contributed by atoms with Crippen molar-refractivity contribution < 1.29 is 9.53 Å². The smallest absolute Gasteiger partial charge is 0.339 e. The van der Waals surface area contributed by atoms with Gasteiger partial charge in [0.2, 0.25) is 0 Å². The molecule has 0 aromatic heterocycles. The number of hydrogen-bond donors (Lipinski definition) is 1. The Morgan fingerprint density at radius 3 is 2.94 bits per heavy atom. The molecule has 0 saturated carbocycles. The molecule has 1 N–H and O–H groups in total. The number of methoxy groups -OCH3 is 1.